The molecule has 0 aliphatic carbocycles. The Bertz CT molecular complexity index is 1380. The van der Waals surface area contributed by atoms with E-state index >= 15 is 0 Å². The molecule has 0 saturated carbocycles. The van der Waals surface area contributed by atoms with Crippen molar-refractivity contribution in [2.45, 2.75) is 45.7 Å². The third-order valence-corrected chi connectivity index (χ3v) is 7.85. The molecule has 2 amide bonds. The molecule has 4 aromatic rings. The summed E-state index contributed by atoms with van der Waals surface area (Å²) in [5.74, 6) is 1.66. The number of urea groups is 1. The number of carbonyl (C=O) groups excluding carboxylic acids is 1. The van der Waals surface area contributed by atoms with Gasteiger partial charge < -0.3 is 9.80 Å². The number of hydrogen-bond acceptors (Lipinski definition) is 6. The topological polar surface area (TPSA) is 98.6 Å². The normalized spacial score (nSPS) is 19.1. The van der Waals surface area contributed by atoms with Crippen LogP contribution in [0.4, 0.5) is 10.6 Å². The number of rotatable bonds is 6. The molecule has 2 aliphatic heterocycles. The lowest BCUT2D eigenvalue weighted by atomic mass is 10.0. The average molecular weight is 536 g/mol. The lowest BCUT2D eigenvalue weighted by molar-refractivity contribution is 0.137. The Morgan fingerprint density at radius 1 is 1.08 bits per heavy atom. The number of aromatic nitrogens is 6. The summed E-state index contributed by atoms with van der Waals surface area (Å²) in [5.41, 5.74) is 3.58. The summed E-state index contributed by atoms with van der Waals surface area (Å²) in [6.45, 7) is 10.5. The highest BCUT2D eigenvalue weighted by Crippen LogP contribution is 2.33. The van der Waals surface area contributed by atoms with Crippen LogP contribution in [-0.2, 0) is 0 Å². The molecule has 2 fully saturated rings. The van der Waals surface area contributed by atoms with E-state index in [9.17, 15) is 4.79 Å². The molecule has 0 bridgehead atoms. The highest BCUT2D eigenvalue weighted by molar-refractivity contribution is 5.95. The van der Waals surface area contributed by atoms with Crippen molar-refractivity contribution in [3.05, 3.63) is 49.1 Å². The maximum atomic E-state index is 13.8. The minimum absolute atomic E-state index is 0. The molecule has 1 atom stereocenters. The molecule has 1 N–H and O–H groups in total. The van der Waals surface area contributed by atoms with E-state index in [1.807, 2.05) is 47.6 Å². The second kappa shape index (κ2) is 10.7. The number of piperidine rings is 1. The minimum Gasteiger partial charge on any atom is -0.319 e. The summed E-state index contributed by atoms with van der Waals surface area (Å²) in [6, 6.07) is 10.4. The number of nitrogens with one attached hydrogen (secondary N) is 1. The van der Waals surface area contributed by atoms with E-state index in [-0.39, 0.29) is 24.5 Å². The second-order valence-electron chi connectivity index (χ2n) is 10.3. The first-order valence-corrected chi connectivity index (χ1v) is 13.2. The third kappa shape index (κ3) is 4.63. The molecule has 10 nitrogen and oxygen atoms in total. The zero-order chi connectivity index (χ0) is 25.5. The number of amides is 2. The van der Waals surface area contributed by atoms with Gasteiger partial charge in [-0.2, -0.15) is 10.2 Å². The van der Waals surface area contributed by atoms with E-state index < -0.39 is 0 Å². The smallest absolute Gasteiger partial charge is 0.319 e. The van der Waals surface area contributed by atoms with Gasteiger partial charge >= 0.3 is 6.03 Å². The first kappa shape index (κ1) is 26.1. The molecule has 0 radical (unpaired) electrons. The van der Waals surface area contributed by atoms with Gasteiger partial charge in [-0.3, -0.25) is 10.00 Å². The van der Waals surface area contributed by atoms with Crippen molar-refractivity contribution in [1.29, 1.82) is 0 Å². The van der Waals surface area contributed by atoms with Crippen molar-refractivity contribution in [2.24, 2.45) is 5.92 Å². The van der Waals surface area contributed by atoms with Crippen LogP contribution in [0.2, 0.25) is 0 Å². The molecule has 11 heteroatoms. The summed E-state index contributed by atoms with van der Waals surface area (Å²) < 4.78 is 1.77. The van der Waals surface area contributed by atoms with Gasteiger partial charge in [0.05, 0.1) is 12.2 Å². The zero-order valence-electron chi connectivity index (χ0n) is 22.0. The molecule has 200 valence electrons. The van der Waals surface area contributed by atoms with Crippen molar-refractivity contribution in [3.8, 4) is 22.5 Å². The van der Waals surface area contributed by atoms with Crippen molar-refractivity contribution < 1.29 is 4.79 Å². The van der Waals surface area contributed by atoms with Crippen LogP contribution in [0.5, 0.6) is 0 Å². The van der Waals surface area contributed by atoms with E-state index in [1.165, 1.54) is 0 Å². The standard InChI is InChI=1S/C27H33N9O.ClH/c1-4-33-12-9-21(10-13-33)34-16-23(18(2)3)36(27(34)37)24-11-14-35-26(31-24)22(15-30-35)19-5-7-20(8-6-19)25-28-17-29-32-25;/h5-8,11,14-15,17-18,21,23H,4,9-10,12-13,16H2,1-3H3,(H,28,29,32);1H/t23-;/m1./s1. The van der Waals surface area contributed by atoms with E-state index in [4.69, 9.17) is 4.98 Å². The van der Waals surface area contributed by atoms with Crippen LogP contribution in [0.25, 0.3) is 28.2 Å². The van der Waals surface area contributed by atoms with Gasteiger partial charge in [0.1, 0.15) is 12.1 Å². The van der Waals surface area contributed by atoms with Crippen LogP contribution in [0.15, 0.2) is 49.1 Å². The number of carbonyl (C=O) groups is 1. The van der Waals surface area contributed by atoms with E-state index in [1.54, 1.807) is 10.8 Å². The SMILES string of the molecule is CCN1CCC(N2C[C@H](C(C)C)N(c3ccn4ncc(-c5ccc(-c6nc[nH]n6)cc5)c4n3)C2=O)CC1.Cl. The first-order chi connectivity index (χ1) is 18.0. The van der Waals surface area contributed by atoms with Crippen molar-refractivity contribution in [3.63, 3.8) is 0 Å². The molecule has 2 aliphatic rings. The van der Waals surface area contributed by atoms with E-state index in [2.05, 4.69) is 50.9 Å². The summed E-state index contributed by atoms with van der Waals surface area (Å²) >= 11 is 0. The molecular weight excluding hydrogens is 502 g/mol. The lowest BCUT2D eigenvalue weighted by Gasteiger charge is -2.36. The number of nitrogens with zero attached hydrogens (tertiary/aromatic N) is 8. The Hall–Kier alpha value is -3.50. The zero-order valence-corrected chi connectivity index (χ0v) is 22.8. The van der Waals surface area contributed by atoms with Gasteiger partial charge in [0, 0.05) is 43.0 Å². The number of hydrogen-bond donors (Lipinski definition) is 1. The minimum atomic E-state index is 0. The number of halogens is 1. The Balaban J connectivity index is 0.00000294. The molecule has 1 aromatic carbocycles. The Morgan fingerprint density at radius 2 is 1.82 bits per heavy atom. The summed E-state index contributed by atoms with van der Waals surface area (Å²) in [6.07, 6.45) is 7.35. The summed E-state index contributed by atoms with van der Waals surface area (Å²) in [7, 11) is 0. The average Bonchev–Trinajstić information content (AvgIpc) is 3.67. The van der Waals surface area contributed by atoms with Gasteiger partial charge in [-0.1, -0.05) is 45.0 Å². The van der Waals surface area contributed by atoms with Crippen molar-refractivity contribution in [1.82, 2.24) is 39.6 Å². The second-order valence-corrected chi connectivity index (χ2v) is 10.3. The van der Waals surface area contributed by atoms with Crippen LogP contribution < -0.4 is 4.90 Å². The fourth-order valence-corrected chi connectivity index (χ4v) is 5.61. The van der Waals surface area contributed by atoms with Gasteiger partial charge in [-0.25, -0.2) is 19.3 Å². The molecule has 2 saturated heterocycles. The Morgan fingerprint density at radius 3 is 2.47 bits per heavy atom. The van der Waals surface area contributed by atoms with Crippen LogP contribution in [0, 0.1) is 5.92 Å². The molecule has 0 unspecified atom stereocenters. The van der Waals surface area contributed by atoms with E-state index in [0.717, 1.165) is 61.4 Å². The van der Waals surface area contributed by atoms with Gasteiger partial charge in [-0.05, 0) is 36.9 Å². The Kier molecular flexibility index (Phi) is 7.36. The summed E-state index contributed by atoms with van der Waals surface area (Å²) in [5, 5.41) is 11.4. The van der Waals surface area contributed by atoms with Gasteiger partial charge in [0.2, 0.25) is 0 Å². The maximum absolute atomic E-state index is 13.8. The molecule has 38 heavy (non-hydrogen) atoms. The van der Waals surface area contributed by atoms with Crippen LogP contribution in [0.1, 0.15) is 33.6 Å². The van der Waals surface area contributed by atoms with Crippen LogP contribution >= 0.6 is 12.4 Å². The number of anilines is 1. The highest BCUT2D eigenvalue weighted by atomic mass is 35.5. The first-order valence-electron chi connectivity index (χ1n) is 13.2. The number of benzene rings is 1. The van der Waals surface area contributed by atoms with Gasteiger partial charge in [-0.15, -0.1) is 12.4 Å². The molecular formula is C27H34ClN9O. The van der Waals surface area contributed by atoms with Crippen molar-refractivity contribution >= 4 is 29.9 Å². The predicted octanol–water partition coefficient (Wildman–Crippen LogP) is 4.35. The molecule has 5 heterocycles. The Labute approximate surface area is 228 Å². The number of aromatic amines is 1. The quantitative estimate of drug-likeness (QED) is 0.394. The molecule has 6 rings (SSSR count). The van der Waals surface area contributed by atoms with Crippen LogP contribution in [0.3, 0.4) is 0 Å². The lowest BCUT2D eigenvalue weighted by Crippen LogP contribution is -2.46. The highest BCUT2D eigenvalue weighted by Gasteiger charge is 2.43. The number of fused-ring (bicyclic) bond motifs is 1. The monoisotopic (exact) mass is 535 g/mol. The van der Waals surface area contributed by atoms with Gasteiger partial charge in [0.25, 0.3) is 0 Å². The third-order valence-electron chi connectivity index (χ3n) is 7.85. The fourth-order valence-electron chi connectivity index (χ4n) is 5.61. The van der Waals surface area contributed by atoms with E-state index in [0.29, 0.717) is 23.6 Å². The van der Waals surface area contributed by atoms with Crippen molar-refractivity contribution in [2.75, 3.05) is 31.1 Å². The molecule has 0 spiro atoms. The summed E-state index contributed by atoms with van der Waals surface area (Å²) in [4.78, 5) is 29.5. The number of H-pyrrole nitrogens is 1. The van der Waals surface area contributed by atoms with Crippen LogP contribution in [-0.4, -0.2) is 83.9 Å². The number of likely N-dealkylation sites (tertiary alicyclic amines) is 1. The fraction of sp³-hybridized carbons (Fsp3) is 0.444. The maximum Gasteiger partial charge on any atom is 0.326 e. The van der Waals surface area contributed by atoms with Gasteiger partial charge in [0.15, 0.2) is 11.5 Å². The largest absolute Gasteiger partial charge is 0.326 e. The molecule has 3 aromatic heterocycles. The predicted molar refractivity (Wildman–Crippen MR) is 149 cm³/mol.